The smallest absolute Gasteiger partial charge is 0.217 e. The first-order valence-electron chi connectivity index (χ1n) is 6.50. The van der Waals surface area contributed by atoms with Gasteiger partial charge in [-0.15, -0.1) is 0 Å². The van der Waals surface area contributed by atoms with Gasteiger partial charge in [-0.05, 0) is 13.8 Å². The van der Waals surface area contributed by atoms with Gasteiger partial charge in [0, 0.05) is 24.0 Å². The number of carbonyl (C=O) groups is 1. The molecule has 0 spiro atoms. The SMILES string of the molecule is Cc1cccc(C)c1[N+]1(CCCC(N)=O)C=CN=C1. The Kier molecular flexibility index (Phi) is 3.81. The first-order chi connectivity index (χ1) is 9.05. The number of carbonyl (C=O) groups excluding carboxylic acids is 1. The largest absolute Gasteiger partial charge is 0.370 e. The topological polar surface area (TPSA) is 55.5 Å². The van der Waals surface area contributed by atoms with Gasteiger partial charge in [-0.3, -0.25) is 4.79 Å². The number of primary amides is 1. The van der Waals surface area contributed by atoms with E-state index in [0.29, 0.717) is 10.9 Å². The van der Waals surface area contributed by atoms with Crippen LogP contribution < -0.4 is 10.2 Å². The number of quaternary nitrogens is 1. The molecule has 1 aliphatic heterocycles. The van der Waals surface area contributed by atoms with E-state index >= 15 is 0 Å². The van der Waals surface area contributed by atoms with Crippen LogP contribution in [0.2, 0.25) is 0 Å². The second kappa shape index (κ2) is 5.36. The number of nitrogens with zero attached hydrogens (tertiary/aromatic N) is 2. The van der Waals surface area contributed by atoms with Crippen molar-refractivity contribution in [1.29, 1.82) is 0 Å². The van der Waals surface area contributed by atoms with Crippen LogP contribution in [-0.2, 0) is 4.79 Å². The van der Waals surface area contributed by atoms with Crippen LogP contribution in [0.1, 0.15) is 24.0 Å². The average molecular weight is 258 g/mol. The van der Waals surface area contributed by atoms with Crippen molar-refractivity contribution in [3.63, 3.8) is 0 Å². The summed E-state index contributed by atoms with van der Waals surface area (Å²) in [5.41, 5.74) is 8.93. The minimum Gasteiger partial charge on any atom is -0.370 e. The molecule has 2 rings (SSSR count). The first kappa shape index (κ1) is 13.5. The van der Waals surface area contributed by atoms with Crippen LogP contribution in [0.25, 0.3) is 0 Å². The molecule has 1 aliphatic rings. The molecule has 0 bridgehead atoms. The van der Waals surface area contributed by atoms with Crippen LogP contribution in [0.5, 0.6) is 0 Å². The lowest BCUT2D eigenvalue weighted by Crippen LogP contribution is -2.43. The third-order valence-corrected chi connectivity index (χ3v) is 3.50. The minimum absolute atomic E-state index is 0.250. The zero-order valence-corrected chi connectivity index (χ0v) is 11.5. The van der Waals surface area contributed by atoms with Crippen LogP contribution in [0.4, 0.5) is 5.69 Å². The van der Waals surface area contributed by atoms with Crippen molar-refractivity contribution in [1.82, 2.24) is 4.48 Å². The molecule has 0 aromatic heterocycles. The molecule has 1 unspecified atom stereocenters. The predicted octanol–water partition coefficient (Wildman–Crippen LogP) is 2.39. The van der Waals surface area contributed by atoms with E-state index in [1.807, 2.05) is 12.5 Å². The van der Waals surface area contributed by atoms with E-state index in [-0.39, 0.29) is 5.91 Å². The maximum atomic E-state index is 10.9. The maximum Gasteiger partial charge on any atom is 0.217 e. The highest BCUT2D eigenvalue weighted by molar-refractivity contribution is 5.81. The summed E-state index contributed by atoms with van der Waals surface area (Å²) in [6.07, 6.45) is 6.97. The van der Waals surface area contributed by atoms with Gasteiger partial charge in [0.05, 0.1) is 12.7 Å². The number of hydrogen-bond acceptors (Lipinski definition) is 2. The molecule has 0 saturated carbocycles. The van der Waals surface area contributed by atoms with Crippen LogP contribution >= 0.6 is 0 Å². The van der Waals surface area contributed by atoms with Gasteiger partial charge in [0.25, 0.3) is 0 Å². The van der Waals surface area contributed by atoms with Crippen LogP contribution in [0, 0.1) is 13.8 Å². The molecule has 1 aromatic rings. The Labute approximate surface area is 113 Å². The molecule has 0 saturated heterocycles. The number of nitrogens with two attached hydrogens (primary N) is 1. The summed E-state index contributed by atoms with van der Waals surface area (Å²) in [4.78, 5) is 15.2. The Morgan fingerprint density at radius 2 is 2.00 bits per heavy atom. The number of aliphatic imine (C=N–C) groups is 1. The normalized spacial score (nSPS) is 20.9. The summed E-state index contributed by atoms with van der Waals surface area (Å²) in [7, 11) is 0. The highest BCUT2D eigenvalue weighted by atomic mass is 16.1. The lowest BCUT2D eigenvalue weighted by molar-refractivity contribution is -0.118. The molecule has 1 amide bonds. The zero-order chi connectivity index (χ0) is 13.9. The molecule has 2 N–H and O–H groups in total. The van der Waals surface area contributed by atoms with Gasteiger partial charge < -0.3 is 5.73 Å². The second-order valence-electron chi connectivity index (χ2n) is 5.03. The van der Waals surface area contributed by atoms with Gasteiger partial charge in [-0.25, -0.2) is 9.48 Å². The highest BCUT2D eigenvalue weighted by Gasteiger charge is 2.32. The fourth-order valence-corrected chi connectivity index (χ4v) is 2.71. The summed E-state index contributed by atoms with van der Waals surface area (Å²) < 4.78 is 0.575. The van der Waals surface area contributed by atoms with Crippen LogP contribution in [-0.4, -0.2) is 18.8 Å². The molecule has 0 fully saturated rings. The molecule has 0 radical (unpaired) electrons. The Balaban J connectivity index is 2.32. The molecular formula is C15H20N3O+. The number of benzene rings is 1. The molecule has 1 heterocycles. The van der Waals surface area contributed by atoms with Gasteiger partial charge in [0.1, 0.15) is 11.9 Å². The highest BCUT2D eigenvalue weighted by Crippen LogP contribution is 2.32. The summed E-state index contributed by atoms with van der Waals surface area (Å²) in [6.45, 7) is 5.02. The van der Waals surface area contributed by atoms with Gasteiger partial charge in [0.2, 0.25) is 5.91 Å². The number of para-hydroxylation sites is 1. The molecule has 1 atom stereocenters. The summed E-state index contributed by atoms with van der Waals surface area (Å²) in [6, 6.07) is 6.28. The van der Waals surface area contributed by atoms with Crippen molar-refractivity contribution < 1.29 is 4.79 Å². The molecule has 19 heavy (non-hydrogen) atoms. The Morgan fingerprint density at radius 3 is 2.53 bits per heavy atom. The average Bonchev–Trinajstić information content (AvgIpc) is 2.78. The van der Waals surface area contributed by atoms with Gasteiger partial charge in [-0.1, -0.05) is 18.2 Å². The Bertz CT molecular complexity index is 514. The van der Waals surface area contributed by atoms with Crippen LogP contribution in [0.3, 0.4) is 0 Å². The minimum atomic E-state index is -0.250. The number of rotatable bonds is 5. The Hall–Kier alpha value is -1.94. The molecular weight excluding hydrogens is 238 g/mol. The van der Waals surface area contributed by atoms with Gasteiger partial charge in [-0.2, -0.15) is 0 Å². The van der Waals surface area contributed by atoms with Gasteiger partial charge >= 0.3 is 0 Å². The predicted molar refractivity (Wildman–Crippen MR) is 78.6 cm³/mol. The second-order valence-corrected chi connectivity index (χ2v) is 5.03. The van der Waals surface area contributed by atoms with E-state index in [0.717, 1.165) is 13.0 Å². The molecule has 1 aromatic carbocycles. The maximum absolute atomic E-state index is 10.9. The lowest BCUT2D eigenvalue weighted by atomic mass is 10.1. The third-order valence-electron chi connectivity index (χ3n) is 3.50. The summed E-state index contributed by atoms with van der Waals surface area (Å²) in [5, 5.41) is 0. The van der Waals surface area contributed by atoms with Crippen molar-refractivity contribution in [2.75, 3.05) is 6.54 Å². The third kappa shape index (κ3) is 2.74. The molecule has 0 aliphatic carbocycles. The molecule has 4 nitrogen and oxygen atoms in total. The fourth-order valence-electron chi connectivity index (χ4n) is 2.71. The lowest BCUT2D eigenvalue weighted by Gasteiger charge is -2.29. The van der Waals surface area contributed by atoms with E-state index in [1.165, 1.54) is 16.8 Å². The first-order valence-corrected chi connectivity index (χ1v) is 6.50. The summed E-state index contributed by atoms with van der Waals surface area (Å²) in [5.74, 6) is -0.250. The van der Waals surface area contributed by atoms with E-state index < -0.39 is 0 Å². The zero-order valence-electron chi connectivity index (χ0n) is 11.5. The van der Waals surface area contributed by atoms with E-state index in [1.54, 1.807) is 0 Å². The Morgan fingerprint density at radius 1 is 1.32 bits per heavy atom. The van der Waals surface area contributed by atoms with Crippen molar-refractivity contribution >= 4 is 17.9 Å². The standard InChI is InChI=1S/C15H19N3O/c1-12-5-3-6-13(2)15(12)18(10-8-17-11-18)9-4-7-14(16)19/h3,5-6,8,10-11H,4,7,9H2,1-2H3,(H-,16,19)/p+1. The number of hydrogen-bond donors (Lipinski definition) is 1. The van der Waals surface area contributed by atoms with Crippen molar-refractivity contribution in [3.05, 3.63) is 41.7 Å². The van der Waals surface area contributed by atoms with E-state index in [9.17, 15) is 4.79 Å². The van der Waals surface area contributed by atoms with E-state index in [4.69, 9.17) is 5.73 Å². The van der Waals surface area contributed by atoms with Gasteiger partial charge in [0.15, 0.2) is 6.34 Å². The quantitative estimate of drug-likeness (QED) is 0.810. The van der Waals surface area contributed by atoms with Crippen molar-refractivity contribution in [2.24, 2.45) is 10.7 Å². The molecule has 4 heteroatoms. The van der Waals surface area contributed by atoms with Crippen molar-refractivity contribution in [2.45, 2.75) is 26.7 Å². The summed E-state index contributed by atoms with van der Waals surface area (Å²) >= 11 is 0. The molecule has 100 valence electrons. The van der Waals surface area contributed by atoms with Crippen molar-refractivity contribution in [3.8, 4) is 0 Å². The van der Waals surface area contributed by atoms with E-state index in [2.05, 4.69) is 43.2 Å². The monoisotopic (exact) mass is 258 g/mol. The van der Waals surface area contributed by atoms with Crippen LogP contribution in [0.15, 0.2) is 35.6 Å². The number of amides is 1. The number of aryl methyl sites for hydroxylation is 2. The fraction of sp³-hybridized carbons (Fsp3) is 0.333.